The van der Waals surface area contributed by atoms with Crippen LogP contribution in [0.3, 0.4) is 0 Å². The van der Waals surface area contributed by atoms with Crippen LogP contribution in [0.2, 0.25) is 0 Å². The topological polar surface area (TPSA) is 152 Å². The number of methoxy groups -OCH3 is 2. The molecular formula is C33H42N2O10. The molecule has 0 aromatic heterocycles. The molecule has 12 heteroatoms. The average Bonchev–Trinajstić information content (AvgIpc) is 3.57. The van der Waals surface area contributed by atoms with E-state index in [2.05, 4.69) is 0 Å². The Hall–Kier alpha value is -4.48. The fraction of sp³-hybridized carbons (Fsp3) is 0.515. The minimum absolute atomic E-state index is 0.0559. The molecule has 0 saturated heterocycles. The maximum absolute atomic E-state index is 12.9. The van der Waals surface area contributed by atoms with Crippen LogP contribution >= 0.6 is 0 Å². The van der Waals surface area contributed by atoms with Gasteiger partial charge >= 0.3 is 11.9 Å². The van der Waals surface area contributed by atoms with Gasteiger partial charge in [-0.15, -0.1) is 0 Å². The lowest BCUT2D eigenvalue weighted by Gasteiger charge is -2.24. The molecule has 12 nitrogen and oxygen atoms in total. The molecule has 2 aromatic rings. The van der Waals surface area contributed by atoms with E-state index >= 15 is 0 Å². The van der Waals surface area contributed by atoms with Crippen molar-refractivity contribution >= 4 is 23.8 Å². The van der Waals surface area contributed by atoms with Gasteiger partial charge in [0.05, 0.1) is 45.3 Å². The fourth-order valence-electron chi connectivity index (χ4n) is 5.89. The van der Waals surface area contributed by atoms with Crippen LogP contribution in [-0.4, -0.2) is 71.2 Å². The Balaban J connectivity index is 1.36. The number of carboxylic acids is 2. The van der Waals surface area contributed by atoms with E-state index in [9.17, 15) is 24.3 Å². The summed E-state index contributed by atoms with van der Waals surface area (Å²) in [6.45, 7) is 8.73. The molecule has 0 fully saturated rings. The van der Waals surface area contributed by atoms with Crippen molar-refractivity contribution < 1.29 is 48.3 Å². The summed E-state index contributed by atoms with van der Waals surface area (Å²) in [6, 6.07) is 5.36. The summed E-state index contributed by atoms with van der Waals surface area (Å²) in [5.74, 6) is -1.68. The maximum Gasteiger partial charge on any atom is 0.306 e. The highest BCUT2D eigenvalue weighted by Gasteiger charge is 2.35. The van der Waals surface area contributed by atoms with Crippen molar-refractivity contribution in [3.8, 4) is 23.0 Å². The fourth-order valence-corrected chi connectivity index (χ4v) is 5.89. The van der Waals surface area contributed by atoms with E-state index in [1.165, 1.54) is 13.8 Å². The van der Waals surface area contributed by atoms with Crippen molar-refractivity contribution in [2.75, 3.05) is 27.4 Å². The molecule has 3 atom stereocenters. The zero-order valence-electron chi connectivity index (χ0n) is 26.7. The third-order valence-corrected chi connectivity index (χ3v) is 8.54. The number of hydrogen-bond donors (Lipinski definition) is 2. The largest absolute Gasteiger partial charge is 0.493 e. The summed E-state index contributed by atoms with van der Waals surface area (Å²) >= 11 is 0. The SMILES string of the molecule is COc1cc2c(cc1OCCCOc1c(OC)cc3c(c1C)C(C)N(C(=O)CC(C)C(=O)O)C3)CN(C(=O)CC(C)C(=O)O)C2. The maximum atomic E-state index is 12.9. The van der Waals surface area contributed by atoms with Crippen LogP contribution < -0.4 is 18.9 Å². The van der Waals surface area contributed by atoms with E-state index in [-0.39, 0.29) is 30.7 Å². The molecule has 244 valence electrons. The minimum Gasteiger partial charge on any atom is -0.493 e. The Morgan fingerprint density at radius 2 is 1.33 bits per heavy atom. The molecule has 2 N–H and O–H groups in total. The molecule has 0 saturated carbocycles. The summed E-state index contributed by atoms with van der Waals surface area (Å²) < 4.78 is 23.4. The summed E-state index contributed by atoms with van der Waals surface area (Å²) in [4.78, 5) is 51.3. The lowest BCUT2D eigenvalue weighted by Crippen LogP contribution is -2.31. The highest BCUT2D eigenvalue weighted by atomic mass is 16.5. The first-order valence-corrected chi connectivity index (χ1v) is 15.0. The predicted molar refractivity (Wildman–Crippen MR) is 162 cm³/mol. The van der Waals surface area contributed by atoms with E-state index in [1.54, 1.807) is 24.0 Å². The van der Waals surface area contributed by atoms with Crippen molar-refractivity contribution in [1.82, 2.24) is 9.80 Å². The van der Waals surface area contributed by atoms with Crippen molar-refractivity contribution in [2.24, 2.45) is 11.8 Å². The number of amides is 2. The van der Waals surface area contributed by atoms with Gasteiger partial charge in [0, 0.05) is 44.5 Å². The van der Waals surface area contributed by atoms with Gasteiger partial charge in [0.1, 0.15) is 0 Å². The third-order valence-electron chi connectivity index (χ3n) is 8.54. The third kappa shape index (κ3) is 7.26. The first kappa shape index (κ1) is 33.4. The van der Waals surface area contributed by atoms with Gasteiger partial charge in [-0.1, -0.05) is 13.8 Å². The van der Waals surface area contributed by atoms with Crippen molar-refractivity contribution in [3.63, 3.8) is 0 Å². The van der Waals surface area contributed by atoms with Crippen molar-refractivity contribution in [3.05, 3.63) is 46.0 Å². The molecule has 45 heavy (non-hydrogen) atoms. The summed E-state index contributed by atoms with van der Waals surface area (Å²) in [5, 5.41) is 18.4. The molecule has 4 rings (SSSR count). The molecule has 3 unspecified atom stereocenters. The molecule has 2 aromatic carbocycles. The van der Waals surface area contributed by atoms with Crippen LogP contribution in [0, 0.1) is 18.8 Å². The van der Waals surface area contributed by atoms with E-state index in [0.717, 1.165) is 27.8 Å². The molecule has 2 amide bonds. The number of rotatable bonds is 14. The van der Waals surface area contributed by atoms with Crippen LogP contribution in [0.5, 0.6) is 23.0 Å². The first-order chi connectivity index (χ1) is 21.4. The van der Waals surface area contributed by atoms with Crippen molar-refractivity contribution in [1.29, 1.82) is 0 Å². The second-order valence-corrected chi connectivity index (χ2v) is 11.8. The molecule has 2 aliphatic rings. The molecule has 0 spiro atoms. The molecule has 2 aliphatic heterocycles. The van der Waals surface area contributed by atoms with Gasteiger partial charge in [0.25, 0.3) is 0 Å². The van der Waals surface area contributed by atoms with Crippen LogP contribution in [0.4, 0.5) is 0 Å². The number of fused-ring (bicyclic) bond motifs is 2. The number of benzene rings is 2. The Labute approximate surface area is 262 Å². The number of carboxylic acid groups (broad SMARTS) is 2. The monoisotopic (exact) mass is 626 g/mol. The smallest absolute Gasteiger partial charge is 0.306 e. The molecular weight excluding hydrogens is 584 g/mol. The molecule has 2 heterocycles. The summed E-state index contributed by atoms with van der Waals surface area (Å²) in [7, 11) is 3.12. The predicted octanol–water partition coefficient (Wildman–Crippen LogP) is 4.33. The van der Waals surface area contributed by atoms with Gasteiger partial charge in [-0.3, -0.25) is 19.2 Å². The zero-order chi connectivity index (χ0) is 33.0. The lowest BCUT2D eigenvalue weighted by atomic mass is 9.98. The lowest BCUT2D eigenvalue weighted by molar-refractivity contribution is -0.146. The van der Waals surface area contributed by atoms with Gasteiger partial charge in [-0.05, 0) is 54.3 Å². The molecule has 0 radical (unpaired) electrons. The molecule has 0 aliphatic carbocycles. The number of hydrogen-bond acceptors (Lipinski definition) is 8. The van der Waals surface area contributed by atoms with E-state index < -0.39 is 23.8 Å². The van der Waals surface area contributed by atoms with Gasteiger partial charge < -0.3 is 39.0 Å². The van der Waals surface area contributed by atoms with Crippen molar-refractivity contribution in [2.45, 2.75) is 72.6 Å². The average molecular weight is 627 g/mol. The minimum atomic E-state index is -0.998. The van der Waals surface area contributed by atoms with Gasteiger partial charge in [-0.25, -0.2) is 0 Å². The second-order valence-electron chi connectivity index (χ2n) is 11.8. The number of aliphatic carboxylic acids is 2. The Kier molecular flexibility index (Phi) is 10.5. The van der Waals surface area contributed by atoms with Crippen LogP contribution in [-0.2, 0) is 38.8 Å². The number of carbonyl (C=O) groups excluding carboxylic acids is 2. The summed E-state index contributed by atoms with van der Waals surface area (Å²) in [5.41, 5.74) is 4.66. The summed E-state index contributed by atoms with van der Waals surface area (Å²) in [6.07, 6.45) is 0.426. The Morgan fingerprint density at radius 1 is 0.800 bits per heavy atom. The van der Waals surface area contributed by atoms with E-state index in [4.69, 9.17) is 24.1 Å². The molecule has 0 bridgehead atoms. The van der Waals surface area contributed by atoms with Crippen LogP contribution in [0.25, 0.3) is 0 Å². The number of ether oxygens (including phenoxy) is 4. The zero-order valence-corrected chi connectivity index (χ0v) is 26.7. The van der Waals surface area contributed by atoms with Crippen LogP contribution in [0.1, 0.15) is 73.9 Å². The quantitative estimate of drug-likeness (QED) is 0.290. The van der Waals surface area contributed by atoms with Gasteiger partial charge in [-0.2, -0.15) is 0 Å². The second kappa shape index (κ2) is 14.1. The normalized spacial score (nSPS) is 16.4. The standard InChI is InChI=1S/C33H42N2O10/c1-18(32(38)39)10-28(36)34-15-22-12-25(42-5)26(13-23(22)16-34)44-8-7-9-45-31-20(3)30-21(4)35(17-24(30)14-27(31)43-6)29(37)11-19(2)33(40)41/h12-14,18-19,21H,7-11,15-17H2,1-6H3,(H,38,39)(H,40,41). The van der Waals surface area contributed by atoms with Gasteiger partial charge in [0.15, 0.2) is 23.0 Å². The highest BCUT2D eigenvalue weighted by Crippen LogP contribution is 2.44. The van der Waals surface area contributed by atoms with E-state index in [1.807, 2.05) is 32.0 Å². The first-order valence-electron chi connectivity index (χ1n) is 15.0. The number of carbonyl (C=O) groups is 4. The Morgan fingerprint density at radius 3 is 1.91 bits per heavy atom. The Bertz CT molecular complexity index is 1470. The van der Waals surface area contributed by atoms with Crippen LogP contribution in [0.15, 0.2) is 18.2 Å². The number of nitrogens with zero attached hydrogens (tertiary/aromatic N) is 2. The van der Waals surface area contributed by atoms with Gasteiger partial charge in [0.2, 0.25) is 11.8 Å². The van der Waals surface area contributed by atoms with E-state index in [0.29, 0.717) is 62.3 Å². The highest BCUT2D eigenvalue weighted by molar-refractivity contribution is 5.83.